The van der Waals surface area contributed by atoms with Gasteiger partial charge in [0.05, 0.1) is 17.1 Å². The number of nitrogen functional groups attached to an aromatic ring is 1. The second-order valence-corrected chi connectivity index (χ2v) is 6.58. The van der Waals surface area contributed by atoms with Gasteiger partial charge in [-0.3, -0.25) is 0 Å². The molecule has 0 atom stereocenters. The highest BCUT2D eigenvalue weighted by atomic mass is 32.2. The molecule has 0 bridgehead atoms. The molecule has 3 N–H and O–H groups in total. The number of nitrogens with one attached hydrogen (secondary N) is 1. The Morgan fingerprint density at radius 1 is 1.38 bits per heavy atom. The van der Waals surface area contributed by atoms with Gasteiger partial charge in [-0.25, -0.2) is 17.1 Å². The lowest BCUT2D eigenvalue weighted by Crippen LogP contribution is -2.28. The molecule has 0 unspecified atom stereocenters. The Kier molecular flexibility index (Phi) is 5.67. The Morgan fingerprint density at radius 2 is 2.00 bits per heavy atom. The highest BCUT2D eigenvalue weighted by molar-refractivity contribution is 7.89. The fraction of sp³-hybridized carbons (Fsp3) is 0.455. The lowest BCUT2D eigenvalue weighted by atomic mass is 10.2. The van der Waals surface area contributed by atoms with Crippen LogP contribution in [0.2, 0.25) is 0 Å². The van der Waals surface area contributed by atoms with Crippen molar-refractivity contribution in [3.05, 3.63) is 17.9 Å². The molecule has 0 aliphatic heterocycles. The minimum absolute atomic E-state index is 0.0233. The molecule has 0 saturated heterocycles. The van der Waals surface area contributed by atoms with Gasteiger partial charge in [-0.15, -0.1) is 0 Å². The second kappa shape index (κ2) is 6.85. The second-order valence-electron chi connectivity index (χ2n) is 4.27. The number of halogens is 3. The Morgan fingerprint density at radius 3 is 2.52 bits per heavy atom. The van der Waals surface area contributed by atoms with Crippen LogP contribution < -0.4 is 15.8 Å². The van der Waals surface area contributed by atoms with Crippen molar-refractivity contribution in [3.8, 4) is 5.75 Å². The summed E-state index contributed by atoms with van der Waals surface area (Å²) in [6.07, 6.45) is 0. The van der Waals surface area contributed by atoms with Crippen molar-refractivity contribution < 1.29 is 26.3 Å². The van der Waals surface area contributed by atoms with Crippen LogP contribution in [0.3, 0.4) is 0 Å². The summed E-state index contributed by atoms with van der Waals surface area (Å²) in [6, 6.07) is 1.78. The van der Waals surface area contributed by atoms with Gasteiger partial charge >= 0.3 is 6.61 Å². The van der Waals surface area contributed by atoms with Gasteiger partial charge in [0, 0.05) is 32.8 Å². The van der Waals surface area contributed by atoms with E-state index in [1.54, 1.807) is 0 Å². The van der Waals surface area contributed by atoms with Crippen LogP contribution in [0.4, 0.5) is 24.5 Å². The summed E-state index contributed by atoms with van der Waals surface area (Å²) in [5.41, 5.74) is 5.59. The van der Waals surface area contributed by atoms with Gasteiger partial charge in [-0.05, 0) is 0 Å². The van der Waals surface area contributed by atoms with Gasteiger partial charge in [-0.1, -0.05) is 0 Å². The lowest BCUT2D eigenvalue weighted by Gasteiger charge is -2.14. The zero-order chi connectivity index (χ0) is 16.2. The number of hydrogen-bond acceptors (Lipinski definition) is 5. The zero-order valence-electron chi connectivity index (χ0n) is 11.4. The minimum atomic E-state index is -3.41. The van der Waals surface area contributed by atoms with E-state index in [4.69, 9.17) is 5.73 Å². The third kappa shape index (κ3) is 4.97. The molecular formula is C11H16F3N3O3S. The maximum atomic E-state index is 13.3. The number of nitrogens with zero attached hydrogens (tertiary/aromatic N) is 1. The lowest BCUT2D eigenvalue weighted by molar-refractivity contribution is -0.0521. The molecule has 21 heavy (non-hydrogen) atoms. The van der Waals surface area contributed by atoms with E-state index in [1.165, 1.54) is 14.1 Å². The van der Waals surface area contributed by atoms with E-state index in [0.717, 1.165) is 16.4 Å². The normalized spacial score (nSPS) is 12.0. The molecule has 0 aliphatic carbocycles. The maximum absolute atomic E-state index is 13.3. The van der Waals surface area contributed by atoms with E-state index < -0.39 is 28.2 Å². The molecule has 6 nitrogen and oxygen atoms in total. The number of rotatable bonds is 7. The SMILES string of the molecule is CN(C)S(=O)(=O)CCNc1cc(OC(F)F)c(F)cc1N. The van der Waals surface area contributed by atoms with Gasteiger partial charge in [0.2, 0.25) is 10.0 Å². The summed E-state index contributed by atoms with van der Waals surface area (Å²) < 4.78 is 65.7. The molecule has 0 saturated carbocycles. The molecule has 10 heteroatoms. The number of hydrogen-bond donors (Lipinski definition) is 2. The van der Waals surface area contributed by atoms with E-state index >= 15 is 0 Å². The third-order valence-electron chi connectivity index (χ3n) is 2.55. The van der Waals surface area contributed by atoms with Crippen molar-refractivity contribution in [1.82, 2.24) is 4.31 Å². The molecule has 0 spiro atoms. The van der Waals surface area contributed by atoms with Crippen molar-refractivity contribution in [1.29, 1.82) is 0 Å². The average molecular weight is 327 g/mol. The fourth-order valence-electron chi connectivity index (χ4n) is 1.41. The molecule has 120 valence electrons. The fourth-order valence-corrected chi connectivity index (χ4v) is 2.13. The number of sulfonamides is 1. The maximum Gasteiger partial charge on any atom is 0.387 e. The van der Waals surface area contributed by atoms with Crippen LogP contribution in [0.1, 0.15) is 0 Å². The zero-order valence-corrected chi connectivity index (χ0v) is 12.3. The highest BCUT2D eigenvalue weighted by Gasteiger charge is 2.15. The first kappa shape index (κ1) is 17.4. The first-order chi connectivity index (χ1) is 9.63. The number of benzene rings is 1. The number of anilines is 2. The van der Waals surface area contributed by atoms with Gasteiger partial charge in [0.15, 0.2) is 11.6 Å². The van der Waals surface area contributed by atoms with E-state index in [-0.39, 0.29) is 23.7 Å². The van der Waals surface area contributed by atoms with Crippen LogP contribution in [0.5, 0.6) is 5.75 Å². The molecule has 0 fully saturated rings. The van der Waals surface area contributed by atoms with Crippen LogP contribution >= 0.6 is 0 Å². The molecule has 1 rings (SSSR count). The van der Waals surface area contributed by atoms with Gasteiger partial charge < -0.3 is 15.8 Å². The van der Waals surface area contributed by atoms with Crippen LogP contribution in [-0.4, -0.2) is 45.7 Å². The molecular weight excluding hydrogens is 311 g/mol. The van der Waals surface area contributed by atoms with Gasteiger partial charge in [0.1, 0.15) is 0 Å². The quantitative estimate of drug-likeness (QED) is 0.738. The topological polar surface area (TPSA) is 84.7 Å². The minimum Gasteiger partial charge on any atom is -0.432 e. The van der Waals surface area contributed by atoms with Crippen molar-refractivity contribution in [2.75, 3.05) is 37.4 Å². The summed E-state index contributed by atoms with van der Waals surface area (Å²) in [5.74, 6) is -1.93. The molecule has 0 heterocycles. The molecule has 0 aliphatic rings. The van der Waals surface area contributed by atoms with E-state index in [0.29, 0.717) is 0 Å². The van der Waals surface area contributed by atoms with Crippen LogP contribution in [0.25, 0.3) is 0 Å². The monoisotopic (exact) mass is 327 g/mol. The van der Waals surface area contributed by atoms with Gasteiger partial charge in [0.25, 0.3) is 0 Å². The van der Waals surface area contributed by atoms with E-state index in [9.17, 15) is 21.6 Å². The van der Waals surface area contributed by atoms with Crippen molar-refractivity contribution >= 4 is 21.4 Å². The Labute approximate surface area is 120 Å². The summed E-state index contributed by atoms with van der Waals surface area (Å²) in [4.78, 5) is 0. The van der Waals surface area contributed by atoms with E-state index in [2.05, 4.69) is 10.1 Å². The standard InChI is InChI=1S/C11H16F3N3O3S/c1-17(2)21(18,19)4-3-16-9-6-10(20-11(13)14)7(12)5-8(9)15/h5-6,11,16H,3-4,15H2,1-2H3. The average Bonchev–Trinajstić information content (AvgIpc) is 2.33. The smallest absolute Gasteiger partial charge is 0.387 e. The molecule has 0 amide bonds. The predicted molar refractivity (Wildman–Crippen MR) is 73.4 cm³/mol. The highest BCUT2D eigenvalue weighted by Crippen LogP contribution is 2.29. The number of ether oxygens (including phenoxy) is 1. The van der Waals surface area contributed by atoms with Crippen LogP contribution in [0.15, 0.2) is 12.1 Å². The van der Waals surface area contributed by atoms with Crippen LogP contribution in [-0.2, 0) is 10.0 Å². The predicted octanol–water partition coefficient (Wildman–Crippen LogP) is 1.31. The van der Waals surface area contributed by atoms with Crippen molar-refractivity contribution in [2.24, 2.45) is 0 Å². The summed E-state index contributed by atoms with van der Waals surface area (Å²) in [7, 11) is -0.644. The molecule has 1 aromatic carbocycles. The third-order valence-corrected chi connectivity index (χ3v) is 4.38. The first-order valence-corrected chi connectivity index (χ1v) is 7.42. The van der Waals surface area contributed by atoms with Crippen molar-refractivity contribution in [2.45, 2.75) is 6.61 Å². The van der Waals surface area contributed by atoms with Crippen molar-refractivity contribution in [3.63, 3.8) is 0 Å². The summed E-state index contributed by atoms with van der Waals surface area (Å²) in [6.45, 7) is -3.20. The Bertz CT molecular complexity index is 594. The van der Waals surface area contributed by atoms with E-state index in [1.807, 2.05) is 0 Å². The molecule has 0 radical (unpaired) electrons. The summed E-state index contributed by atoms with van der Waals surface area (Å²) in [5, 5.41) is 2.64. The largest absolute Gasteiger partial charge is 0.432 e. The Balaban J connectivity index is 2.80. The number of alkyl halides is 2. The van der Waals surface area contributed by atoms with Gasteiger partial charge in [-0.2, -0.15) is 8.78 Å². The molecule has 0 aromatic heterocycles. The number of nitrogens with two attached hydrogens (primary N) is 1. The first-order valence-electron chi connectivity index (χ1n) is 5.81. The molecule has 1 aromatic rings. The Hall–Kier alpha value is -1.68. The van der Waals surface area contributed by atoms with Crippen LogP contribution in [0, 0.1) is 5.82 Å². The summed E-state index contributed by atoms with van der Waals surface area (Å²) >= 11 is 0.